The predicted octanol–water partition coefficient (Wildman–Crippen LogP) is 5.51. The molecular formula is C30H36ClN5O3. The first-order chi connectivity index (χ1) is 18.9. The van der Waals surface area contributed by atoms with Crippen molar-refractivity contribution in [1.29, 1.82) is 0 Å². The zero-order valence-corrected chi connectivity index (χ0v) is 23.4. The minimum Gasteiger partial charge on any atom is -0.384 e. The summed E-state index contributed by atoms with van der Waals surface area (Å²) in [6.07, 6.45) is 5.82. The normalized spacial score (nSPS) is 12.6. The molecule has 0 saturated heterocycles. The molecule has 1 aliphatic rings. The van der Waals surface area contributed by atoms with E-state index in [0.29, 0.717) is 22.7 Å². The summed E-state index contributed by atoms with van der Waals surface area (Å²) in [7, 11) is 0. The van der Waals surface area contributed by atoms with E-state index in [-0.39, 0.29) is 30.7 Å². The van der Waals surface area contributed by atoms with E-state index < -0.39 is 0 Å². The van der Waals surface area contributed by atoms with Crippen LogP contribution in [0.1, 0.15) is 66.7 Å². The van der Waals surface area contributed by atoms with Gasteiger partial charge in [0.05, 0.1) is 16.6 Å². The molecule has 39 heavy (non-hydrogen) atoms. The summed E-state index contributed by atoms with van der Waals surface area (Å²) in [5.41, 5.74) is 3.67. The number of imide groups is 1. The van der Waals surface area contributed by atoms with Crippen LogP contribution in [0.3, 0.4) is 0 Å². The highest BCUT2D eigenvalue weighted by atomic mass is 35.5. The van der Waals surface area contributed by atoms with Gasteiger partial charge in [-0.15, -0.1) is 0 Å². The van der Waals surface area contributed by atoms with E-state index in [1.165, 1.54) is 4.90 Å². The second kappa shape index (κ2) is 13.4. The van der Waals surface area contributed by atoms with Gasteiger partial charge in [-0.25, -0.2) is 0 Å². The number of unbranched alkanes of at least 4 members (excludes halogenated alkanes) is 3. The molecule has 0 bridgehead atoms. The number of aromatic nitrogens is 1. The van der Waals surface area contributed by atoms with Crippen molar-refractivity contribution >= 4 is 51.6 Å². The van der Waals surface area contributed by atoms with Crippen LogP contribution in [0.4, 0.5) is 11.4 Å². The monoisotopic (exact) mass is 549 g/mol. The number of fused-ring (bicyclic) bond motifs is 2. The molecular weight excluding hydrogens is 514 g/mol. The first-order valence-corrected chi connectivity index (χ1v) is 14.1. The third kappa shape index (κ3) is 6.87. The topological polar surface area (TPSA) is 94.6 Å². The zero-order chi connectivity index (χ0) is 27.8. The molecule has 1 aliphatic heterocycles. The number of rotatable bonds is 14. The number of hydrogen-bond donors (Lipinski definition) is 2. The lowest BCUT2D eigenvalue weighted by atomic mass is 10.1. The Morgan fingerprint density at radius 1 is 0.923 bits per heavy atom. The zero-order valence-electron chi connectivity index (χ0n) is 22.6. The van der Waals surface area contributed by atoms with Crippen molar-refractivity contribution in [2.24, 2.45) is 0 Å². The maximum atomic E-state index is 12.9. The number of nitrogens with one attached hydrogen (secondary N) is 2. The smallest absolute Gasteiger partial charge is 0.261 e. The number of anilines is 2. The summed E-state index contributed by atoms with van der Waals surface area (Å²) in [5, 5.41) is 8.11. The van der Waals surface area contributed by atoms with Gasteiger partial charge < -0.3 is 15.5 Å². The third-order valence-electron chi connectivity index (χ3n) is 7.09. The van der Waals surface area contributed by atoms with E-state index in [1.807, 2.05) is 30.3 Å². The average molecular weight is 550 g/mol. The van der Waals surface area contributed by atoms with Crippen LogP contribution in [0.25, 0.3) is 10.9 Å². The van der Waals surface area contributed by atoms with Gasteiger partial charge in [0, 0.05) is 67.1 Å². The Bertz CT molecular complexity index is 1340. The lowest BCUT2D eigenvalue weighted by molar-refractivity contribution is -0.121. The van der Waals surface area contributed by atoms with E-state index in [1.54, 1.807) is 18.3 Å². The summed E-state index contributed by atoms with van der Waals surface area (Å²) >= 11 is 6.06. The van der Waals surface area contributed by atoms with Gasteiger partial charge in [0.2, 0.25) is 5.91 Å². The highest BCUT2D eigenvalue weighted by Crippen LogP contribution is 2.28. The maximum Gasteiger partial charge on any atom is 0.261 e. The van der Waals surface area contributed by atoms with Gasteiger partial charge in [0.15, 0.2) is 0 Å². The van der Waals surface area contributed by atoms with Crippen LogP contribution < -0.4 is 15.5 Å². The highest BCUT2D eigenvalue weighted by molar-refractivity contribution is 6.31. The number of halogens is 1. The first-order valence-electron chi connectivity index (χ1n) is 13.7. The number of pyridine rings is 1. The van der Waals surface area contributed by atoms with Crippen LogP contribution in [-0.2, 0) is 4.79 Å². The lowest BCUT2D eigenvalue weighted by Gasteiger charge is -2.21. The number of benzene rings is 2. The van der Waals surface area contributed by atoms with E-state index in [9.17, 15) is 14.4 Å². The molecule has 0 atom stereocenters. The van der Waals surface area contributed by atoms with Crippen LogP contribution in [0.5, 0.6) is 0 Å². The second-order valence-corrected chi connectivity index (χ2v) is 10.1. The molecule has 4 rings (SSSR count). The molecule has 9 heteroatoms. The minimum absolute atomic E-state index is 0.0837. The van der Waals surface area contributed by atoms with Crippen molar-refractivity contribution in [3.63, 3.8) is 0 Å². The van der Waals surface area contributed by atoms with Crippen LogP contribution in [0.15, 0.2) is 48.7 Å². The van der Waals surface area contributed by atoms with Crippen molar-refractivity contribution in [2.75, 3.05) is 42.9 Å². The van der Waals surface area contributed by atoms with Crippen molar-refractivity contribution in [2.45, 2.75) is 46.0 Å². The lowest BCUT2D eigenvalue weighted by Crippen LogP contribution is -2.34. The van der Waals surface area contributed by atoms with E-state index >= 15 is 0 Å². The Labute approximate surface area is 234 Å². The molecule has 2 N–H and O–H groups in total. The molecule has 2 heterocycles. The Balaban J connectivity index is 1.12. The molecule has 0 saturated carbocycles. The summed E-state index contributed by atoms with van der Waals surface area (Å²) in [6, 6.07) is 13.1. The molecule has 0 radical (unpaired) electrons. The van der Waals surface area contributed by atoms with Crippen LogP contribution in [-0.4, -0.2) is 60.3 Å². The van der Waals surface area contributed by atoms with Crippen molar-refractivity contribution in [1.82, 2.24) is 15.2 Å². The van der Waals surface area contributed by atoms with Gasteiger partial charge in [-0.3, -0.25) is 24.3 Å². The fourth-order valence-corrected chi connectivity index (χ4v) is 5.07. The largest absolute Gasteiger partial charge is 0.384 e. The summed E-state index contributed by atoms with van der Waals surface area (Å²) < 4.78 is 0. The Kier molecular flexibility index (Phi) is 9.76. The van der Waals surface area contributed by atoms with Crippen molar-refractivity contribution in [3.05, 3.63) is 64.8 Å². The summed E-state index contributed by atoms with van der Waals surface area (Å²) in [6.45, 7) is 7.25. The van der Waals surface area contributed by atoms with Gasteiger partial charge >= 0.3 is 0 Å². The molecule has 3 amide bonds. The Morgan fingerprint density at radius 3 is 2.44 bits per heavy atom. The van der Waals surface area contributed by atoms with E-state index in [2.05, 4.69) is 34.4 Å². The Morgan fingerprint density at radius 2 is 1.67 bits per heavy atom. The summed E-state index contributed by atoms with van der Waals surface area (Å²) in [5.74, 6) is -0.804. The van der Waals surface area contributed by atoms with Crippen molar-refractivity contribution < 1.29 is 14.4 Å². The van der Waals surface area contributed by atoms with Gasteiger partial charge in [-0.05, 0) is 69.2 Å². The standard InChI is InChI=1S/C30H36ClN5O3/c1-3-35(4-2)22-10-12-23-25(20-22)30(39)36(29(23)38)18-14-28(37)34-16-8-6-5-7-15-32-26-13-17-33-27-19-21(31)9-11-24(26)27/h9-13,17,19-20H,3-8,14-16,18H2,1-2H3,(H,32,33)(H,34,37). The van der Waals surface area contributed by atoms with Gasteiger partial charge in [0.1, 0.15) is 0 Å². The fourth-order valence-electron chi connectivity index (χ4n) is 4.90. The Hall–Kier alpha value is -3.65. The average Bonchev–Trinajstić information content (AvgIpc) is 3.18. The number of nitrogens with zero attached hydrogens (tertiary/aromatic N) is 3. The predicted molar refractivity (Wildman–Crippen MR) is 157 cm³/mol. The van der Waals surface area contributed by atoms with Crippen molar-refractivity contribution in [3.8, 4) is 0 Å². The number of hydrogen-bond acceptors (Lipinski definition) is 6. The quantitative estimate of drug-likeness (QED) is 0.203. The number of carbonyl (C=O) groups is 3. The molecule has 0 fully saturated rings. The van der Waals surface area contributed by atoms with Gasteiger partial charge in [-0.2, -0.15) is 0 Å². The minimum atomic E-state index is -0.328. The van der Waals surface area contributed by atoms with Gasteiger partial charge in [-0.1, -0.05) is 24.4 Å². The SMILES string of the molecule is CCN(CC)c1ccc2c(c1)C(=O)N(CCC(=O)NCCCCCCNc1ccnc3cc(Cl)ccc13)C2=O. The third-order valence-corrected chi connectivity index (χ3v) is 7.33. The summed E-state index contributed by atoms with van der Waals surface area (Å²) in [4.78, 5) is 45.6. The van der Waals surface area contributed by atoms with E-state index in [0.717, 1.165) is 67.6 Å². The molecule has 0 unspecified atom stereocenters. The highest BCUT2D eigenvalue weighted by Gasteiger charge is 2.35. The molecule has 1 aromatic heterocycles. The van der Waals surface area contributed by atoms with Crippen LogP contribution >= 0.6 is 11.6 Å². The number of carbonyl (C=O) groups excluding carboxylic acids is 3. The van der Waals surface area contributed by atoms with Crippen LogP contribution in [0.2, 0.25) is 5.02 Å². The molecule has 0 spiro atoms. The first kappa shape index (κ1) is 28.4. The molecule has 0 aliphatic carbocycles. The van der Waals surface area contributed by atoms with Gasteiger partial charge in [0.25, 0.3) is 11.8 Å². The number of amides is 3. The molecule has 8 nitrogen and oxygen atoms in total. The van der Waals surface area contributed by atoms with Crippen LogP contribution in [0, 0.1) is 0 Å². The second-order valence-electron chi connectivity index (χ2n) is 9.63. The molecule has 2 aromatic carbocycles. The fraction of sp³-hybridized carbons (Fsp3) is 0.400. The molecule has 3 aromatic rings. The maximum absolute atomic E-state index is 12.9. The van der Waals surface area contributed by atoms with E-state index in [4.69, 9.17) is 11.6 Å². The molecule has 206 valence electrons.